The standard InChI is InChI=1S/C12H14N2O5S/c15-11(13-7-1-2-12(16)17)8-20-10-5-3-9(4-6-10)14(18)19/h3-6H,1-2,7-8H2,(H,13,15)(H,16,17). The summed E-state index contributed by atoms with van der Waals surface area (Å²) in [5, 5.41) is 21.5. The molecule has 0 heterocycles. The van der Waals surface area contributed by atoms with Crippen molar-refractivity contribution in [2.24, 2.45) is 0 Å². The lowest BCUT2D eigenvalue weighted by molar-refractivity contribution is -0.384. The highest BCUT2D eigenvalue weighted by Crippen LogP contribution is 2.20. The van der Waals surface area contributed by atoms with Crippen LogP contribution in [0.25, 0.3) is 0 Å². The zero-order chi connectivity index (χ0) is 15.0. The SMILES string of the molecule is O=C(O)CCCNC(=O)CSc1ccc([N+](=O)[O-])cc1. The Morgan fingerprint density at radius 1 is 1.30 bits per heavy atom. The van der Waals surface area contributed by atoms with E-state index in [2.05, 4.69) is 5.32 Å². The lowest BCUT2D eigenvalue weighted by atomic mass is 10.3. The molecule has 0 aliphatic carbocycles. The topological polar surface area (TPSA) is 110 Å². The summed E-state index contributed by atoms with van der Waals surface area (Å²) in [5.41, 5.74) is 0.00692. The number of non-ortho nitro benzene ring substituents is 1. The van der Waals surface area contributed by atoms with Crippen molar-refractivity contribution in [3.8, 4) is 0 Å². The molecule has 0 spiro atoms. The molecule has 1 amide bonds. The Hall–Kier alpha value is -2.09. The maximum absolute atomic E-state index is 11.4. The molecule has 0 atom stereocenters. The van der Waals surface area contributed by atoms with Crippen LogP contribution in [0.3, 0.4) is 0 Å². The Bertz CT molecular complexity index is 489. The number of rotatable bonds is 8. The van der Waals surface area contributed by atoms with E-state index in [0.29, 0.717) is 13.0 Å². The summed E-state index contributed by atoms with van der Waals surface area (Å²) in [6, 6.07) is 5.93. The van der Waals surface area contributed by atoms with E-state index in [-0.39, 0.29) is 23.8 Å². The van der Waals surface area contributed by atoms with Crippen LogP contribution in [0.15, 0.2) is 29.2 Å². The van der Waals surface area contributed by atoms with Gasteiger partial charge in [0, 0.05) is 30.0 Å². The smallest absolute Gasteiger partial charge is 0.303 e. The molecule has 1 aromatic rings. The van der Waals surface area contributed by atoms with Crippen LogP contribution in [0.5, 0.6) is 0 Å². The third-order valence-corrected chi connectivity index (χ3v) is 3.32. The van der Waals surface area contributed by atoms with Crippen molar-refractivity contribution in [1.82, 2.24) is 5.32 Å². The molecule has 0 unspecified atom stereocenters. The van der Waals surface area contributed by atoms with E-state index in [1.165, 1.54) is 23.9 Å². The van der Waals surface area contributed by atoms with Crippen LogP contribution in [0.1, 0.15) is 12.8 Å². The Labute approximate surface area is 119 Å². The van der Waals surface area contributed by atoms with Gasteiger partial charge in [0.05, 0.1) is 10.7 Å². The second-order valence-corrected chi connectivity index (χ2v) is 4.94. The van der Waals surface area contributed by atoms with Crippen LogP contribution in [0, 0.1) is 10.1 Å². The molecule has 2 N–H and O–H groups in total. The largest absolute Gasteiger partial charge is 0.481 e. The van der Waals surface area contributed by atoms with Gasteiger partial charge in [0.15, 0.2) is 0 Å². The summed E-state index contributed by atoms with van der Waals surface area (Å²) in [6.45, 7) is 0.325. The number of carboxylic acid groups (broad SMARTS) is 1. The second kappa shape index (κ2) is 8.16. The average Bonchev–Trinajstić information content (AvgIpc) is 2.41. The fourth-order valence-electron chi connectivity index (χ4n) is 1.33. The van der Waals surface area contributed by atoms with E-state index >= 15 is 0 Å². The Balaban J connectivity index is 2.26. The summed E-state index contributed by atoms with van der Waals surface area (Å²) in [5.74, 6) is -0.900. The van der Waals surface area contributed by atoms with Gasteiger partial charge in [0.2, 0.25) is 5.91 Å². The first kappa shape index (κ1) is 16.0. The Kier molecular flexibility index (Phi) is 6.51. The molecule has 0 saturated carbocycles. The van der Waals surface area contributed by atoms with Gasteiger partial charge in [-0.2, -0.15) is 0 Å². The Morgan fingerprint density at radius 2 is 1.95 bits per heavy atom. The first-order valence-corrected chi connectivity index (χ1v) is 6.83. The van der Waals surface area contributed by atoms with E-state index in [4.69, 9.17) is 5.11 Å². The molecule has 1 aromatic carbocycles. The molecule has 1 rings (SSSR count). The number of nitrogens with zero attached hydrogens (tertiary/aromatic N) is 1. The van der Waals surface area contributed by atoms with Gasteiger partial charge >= 0.3 is 5.97 Å². The van der Waals surface area contributed by atoms with E-state index in [1.807, 2.05) is 0 Å². The zero-order valence-electron chi connectivity index (χ0n) is 10.6. The number of aliphatic carboxylic acids is 1. The second-order valence-electron chi connectivity index (χ2n) is 3.89. The van der Waals surface area contributed by atoms with E-state index < -0.39 is 10.9 Å². The minimum absolute atomic E-state index is 0.00692. The minimum Gasteiger partial charge on any atom is -0.481 e. The van der Waals surface area contributed by atoms with Crippen LogP contribution in [-0.2, 0) is 9.59 Å². The van der Waals surface area contributed by atoms with Crippen LogP contribution in [0.2, 0.25) is 0 Å². The maximum Gasteiger partial charge on any atom is 0.303 e. The van der Waals surface area contributed by atoms with Crippen molar-refractivity contribution in [3.63, 3.8) is 0 Å². The summed E-state index contributed by atoms with van der Waals surface area (Å²) in [7, 11) is 0. The van der Waals surface area contributed by atoms with Crippen LogP contribution in [-0.4, -0.2) is 34.2 Å². The first-order chi connectivity index (χ1) is 9.49. The summed E-state index contributed by atoms with van der Waals surface area (Å²) in [4.78, 5) is 32.5. The third kappa shape index (κ3) is 6.19. The number of thioether (sulfide) groups is 1. The minimum atomic E-state index is -0.889. The monoisotopic (exact) mass is 298 g/mol. The lowest BCUT2D eigenvalue weighted by Gasteiger charge is -2.04. The van der Waals surface area contributed by atoms with E-state index in [1.54, 1.807) is 12.1 Å². The predicted molar refractivity (Wildman–Crippen MR) is 73.7 cm³/mol. The normalized spacial score (nSPS) is 10.0. The molecular formula is C12H14N2O5S. The van der Waals surface area contributed by atoms with Crippen molar-refractivity contribution < 1.29 is 19.6 Å². The molecule has 0 saturated heterocycles. The summed E-state index contributed by atoms with van der Waals surface area (Å²) in [6.07, 6.45) is 0.416. The molecule has 0 aliphatic heterocycles. The predicted octanol–water partition coefficient (Wildman–Crippen LogP) is 1.67. The molecule has 0 radical (unpaired) electrons. The molecular weight excluding hydrogens is 284 g/mol. The van der Waals surface area contributed by atoms with Gasteiger partial charge in [-0.1, -0.05) is 0 Å². The number of benzene rings is 1. The number of amides is 1. The molecule has 7 nitrogen and oxygen atoms in total. The number of hydrogen-bond donors (Lipinski definition) is 2. The molecule has 0 aromatic heterocycles. The first-order valence-electron chi connectivity index (χ1n) is 5.85. The zero-order valence-corrected chi connectivity index (χ0v) is 11.4. The number of nitro groups is 1. The molecule has 8 heteroatoms. The van der Waals surface area contributed by atoms with Gasteiger partial charge in [-0.3, -0.25) is 19.7 Å². The highest BCUT2D eigenvalue weighted by molar-refractivity contribution is 8.00. The number of nitrogens with one attached hydrogen (secondary N) is 1. The van der Waals surface area contributed by atoms with Crippen LogP contribution < -0.4 is 5.32 Å². The quantitative estimate of drug-likeness (QED) is 0.327. The Morgan fingerprint density at radius 3 is 2.50 bits per heavy atom. The summed E-state index contributed by atoms with van der Waals surface area (Å²) < 4.78 is 0. The van der Waals surface area contributed by atoms with Crippen molar-refractivity contribution in [2.45, 2.75) is 17.7 Å². The molecule has 20 heavy (non-hydrogen) atoms. The van der Waals surface area contributed by atoms with Gasteiger partial charge in [-0.15, -0.1) is 11.8 Å². The molecule has 108 valence electrons. The molecule has 0 aliphatic rings. The number of nitro benzene ring substituents is 1. The number of carbonyl (C=O) groups is 2. The molecule has 0 fully saturated rings. The van der Waals surface area contributed by atoms with Crippen LogP contribution in [0.4, 0.5) is 5.69 Å². The van der Waals surface area contributed by atoms with Gasteiger partial charge in [0.25, 0.3) is 5.69 Å². The van der Waals surface area contributed by atoms with Gasteiger partial charge in [0.1, 0.15) is 0 Å². The fourth-order valence-corrected chi connectivity index (χ4v) is 2.06. The lowest BCUT2D eigenvalue weighted by Crippen LogP contribution is -2.26. The van der Waals surface area contributed by atoms with E-state index in [9.17, 15) is 19.7 Å². The third-order valence-electron chi connectivity index (χ3n) is 2.31. The van der Waals surface area contributed by atoms with E-state index in [0.717, 1.165) is 4.90 Å². The number of carboxylic acids is 1. The highest BCUT2D eigenvalue weighted by Gasteiger charge is 2.06. The van der Waals surface area contributed by atoms with Gasteiger partial charge in [-0.05, 0) is 18.6 Å². The average molecular weight is 298 g/mol. The van der Waals surface area contributed by atoms with Crippen molar-refractivity contribution in [3.05, 3.63) is 34.4 Å². The number of hydrogen-bond acceptors (Lipinski definition) is 5. The van der Waals surface area contributed by atoms with Crippen molar-refractivity contribution in [2.75, 3.05) is 12.3 Å². The summed E-state index contributed by atoms with van der Waals surface area (Å²) >= 11 is 1.26. The van der Waals surface area contributed by atoms with Gasteiger partial charge in [-0.25, -0.2) is 0 Å². The molecule has 0 bridgehead atoms. The van der Waals surface area contributed by atoms with Crippen LogP contribution >= 0.6 is 11.8 Å². The number of carbonyl (C=O) groups excluding carboxylic acids is 1. The highest BCUT2D eigenvalue weighted by atomic mass is 32.2. The van der Waals surface area contributed by atoms with Crippen molar-refractivity contribution in [1.29, 1.82) is 0 Å². The maximum atomic E-state index is 11.4. The fraction of sp³-hybridized carbons (Fsp3) is 0.333. The van der Waals surface area contributed by atoms with Gasteiger partial charge < -0.3 is 10.4 Å². The van der Waals surface area contributed by atoms with Crippen molar-refractivity contribution >= 4 is 29.3 Å².